The number of carbonyl (C=O) groups is 2. The summed E-state index contributed by atoms with van der Waals surface area (Å²) in [5.74, 6) is -1.88. The van der Waals surface area contributed by atoms with E-state index in [9.17, 15) is 9.59 Å². The highest BCUT2D eigenvalue weighted by Gasteiger charge is 2.19. The number of ether oxygens (including phenoxy) is 1. The monoisotopic (exact) mass is 230 g/mol. The van der Waals surface area contributed by atoms with Gasteiger partial charge in [0, 0.05) is 19.8 Å². The molecule has 0 aromatic heterocycles. The molecule has 0 saturated heterocycles. The van der Waals surface area contributed by atoms with E-state index < -0.39 is 23.6 Å². The first-order valence-electron chi connectivity index (χ1n) is 4.88. The predicted octanol–water partition coefficient (Wildman–Crippen LogP) is 0.913. The summed E-state index contributed by atoms with van der Waals surface area (Å²) in [7, 11) is 1.48. The van der Waals surface area contributed by atoms with Gasteiger partial charge in [-0.05, 0) is 20.8 Å². The van der Waals surface area contributed by atoms with Gasteiger partial charge in [0.25, 0.3) is 0 Å². The number of nitrogens with one attached hydrogen (secondary N) is 1. The number of carboxylic acids is 1. The third-order valence-electron chi connectivity index (χ3n) is 1.51. The summed E-state index contributed by atoms with van der Waals surface area (Å²) in [6, 6.07) is 0. The van der Waals surface area contributed by atoms with Crippen molar-refractivity contribution in [3.8, 4) is 0 Å². The van der Waals surface area contributed by atoms with Crippen molar-refractivity contribution in [3.05, 3.63) is 0 Å². The van der Waals surface area contributed by atoms with Gasteiger partial charge < -0.3 is 15.2 Å². The first-order chi connectivity index (χ1) is 7.26. The molecule has 6 heteroatoms. The SMILES string of the molecule is CN=CC(CNC(=O)OC(C)(C)C)C(=O)O. The van der Waals surface area contributed by atoms with Crippen LogP contribution in [0.25, 0.3) is 0 Å². The van der Waals surface area contributed by atoms with E-state index in [1.54, 1.807) is 20.8 Å². The fourth-order valence-corrected chi connectivity index (χ4v) is 0.891. The third kappa shape index (κ3) is 6.80. The number of alkyl carbamates (subject to hydrolysis) is 1. The molecule has 92 valence electrons. The molecule has 0 aromatic carbocycles. The lowest BCUT2D eigenvalue weighted by Crippen LogP contribution is -2.37. The Morgan fingerprint density at radius 3 is 2.44 bits per heavy atom. The van der Waals surface area contributed by atoms with Gasteiger partial charge in [0.1, 0.15) is 11.5 Å². The zero-order chi connectivity index (χ0) is 12.8. The Hall–Kier alpha value is -1.59. The molecule has 0 rings (SSSR count). The molecule has 16 heavy (non-hydrogen) atoms. The lowest BCUT2D eigenvalue weighted by molar-refractivity contribution is -0.139. The lowest BCUT2D eigenvalue weighted by Gasteiger charge is -2.20. The molecule has 1 amide bonds. The minimum atomic E-state index is -1.04. The van der Waals surface area contributed by atoms with E-state index in [-0.39, 0.29) is 6.54 Å². The van der Waals surface area contributed by atoms with Crippen LogP contribution in [0.1, 0.15) is 20.8 Å². The molecule has 0 bridgehead atoms. The number of hydrogen-bond donors (Lipinski definition) is 2. The van der Waals surface area contributed by atoms with Gasteiger partial charge in [-0.3, -0.25) is 9.79 Å². The molecule has 6 nitrogen and oxygen atoms in total. The van der Waals surface area contributed by atoms with Crippen molar-refractivity contribution < 1.29 is 19.4 Å². The summed E-state index contributed by atoms with van der Waals surface area (Å²) in [5, 5.41) is 11.1. The highest BCUT2D eigenvalue weighted by Crippen LogP contribution is 2.06. The van der Waals surface area contributed by atoms with E-state index in [0.717, 1.165) is 0 Å². The second-order valence-corrected chi connectivity index (χ2v) is 4.23. The summed E-state index contributed by atoms with van der Waals surface area (Å²) in [4.78, 5) is 25.5. The molecule has 2 N–H and O–H groups in total. The summed E-state index contributed by atoms with van der Waals surface area (Å²) in [5.41, 5.74) is -0.596. The topological polar surface area (TPSA) is 88.0 Å². The number of amides is 1. The van der Waals surface area contributed by atoms with Gasteiger partial charge >= 0.3 is 12.1 Å². The summed E-state index contributed by atoms with van der Waals surface area (Å²) in [6.45, 7) is 5.15. The van der Waals surface area contributed by atoms with Crippen LogP contribution in [0, 0.1) is 5.92 Å². The van der Waals surface area contributed by atoms with Gasteiger partial charge in [-0.2, -0.15) is 0 Å². The van der Waals surface area contributed by atoms with Gasteiger partial charge in [0.15, 0.2) is 0 Å². The quantitative estimate of drug-likeness (QED) is 0.703. The van der Waals surface area contributed by atoms with Crippen molar-refractivity contribution in [1.29, 1.82) is 0 Å². The van der Waals surface area contributed by atoms with Gasteiger partial charge in [-0.1, -0.05) is 0 Å². The number of rotatable bonds is 4. The Labute approximate surface area is 94.7 Å². The van der Waals surface area contributed by atoms with Gasteiger partial charge in [-0.25, -0.2) is 4.79 Å². The molecule has 1 atom stereocenters. The van der Waals surface area contributed by atoms with E-state index in [4.69, 9.17) is 9.84 Å². The van der Waals surface area contributed by atoms with Crippen LogP contribution in [0.5, 0.6) is 0 Å². The molecule has 1 unspecified atom stereocenters. The smallest absolute Gasteiger partial charge is 0.407 e. The Kier molecular flexibility index (Phi) is 5.49. The van der Waals surface area contributed by atoms with E-state index >= 15 is 0 Å². The van der Waals surface area contributed by atoms with Crippen molar-refractivity contribution >= 4 is 18.3 Å². The predicted molar refractivity (Wildman–Crippen MR) is 59.8 cm³/mol. The standard InChI is InChI=1S/C10H18N2O4/c1-10(2,3)16-9(15)12-6-7(5-11-4)8(13)14/h5,7H,6H2,1-4H3,(H,12,15)(H,13,14). The highest BCUT2D eigenvalue weighted by molar-refractivity contribution is 5.89. The van der Waals surface area contributed by atoms with Crippen molar-refractivity contribution in [2.75, 3.05) is 13.6 Å². The average molecular weight is 230 g/mol. The van der Waals surface area contributed by atoms with Crippen LogP contribution in [-0.4, -0.2) is 42.6 Å². The number of aliphatic imine (C=N–C) groups is 1. The average Bonchev–Trinajstić information content (AvgIpc) is 2.08. The highest BCUT2D eigenvalue weighted by atomic mass is 16.6. The second kappa shape index (κ2) is 6.09. The molecular formula is C10H18N2O4. The fraction of sp³-hybridized carbons (Fsp3) is 0.700. The molecule has 0 saturated carbocycles. The van der Waals surface area contributed by atoms with Crippen molar-refractivity contribution in [2.45, 2.75) is 26.4 Å². The van der Waals surface area contributed by atoms with Gasteiger partial charge in [0.2, 0.25) is 0 Å². The molecule has 0 aliphatic heterocycles. The fourth-order valence-electron chi connectivity index (χ4n) is 0.891. The number of aliphatic carboxylic acids is 1. The summed E-state index contributed by atoms with van der Waals surface area (Å²) >= 11 is 0. The number of hydrogen-bond acceptors (Lipinski definition) is 4. The Morgan fingerprint density at radius 2 is 2.06 bits per heavy atom. The van der Waals surface area contributed by atoms with Crippen molar-refractivity contribution in [2.24, 2.45) is 10.9 Å². The molecule has 0 radical (unpaired) electrons. The van der Waals surface area contributed by atoms with Crippen molar-refractivity contribution in [3.63, 3.8) is 0 Å². The van der Waals surface area contributed by atoms with E-state index in [1.807, 2.05) is 0 Å². The second-order valence-electron chi connectivity index (χ2n) is 4.23. The third-order valence-corrected chi connectivity index (χ3v) is 1.51. The first-order valence-corrected chi connectivity index (χ1v) is 4.88. The molecule has 0 aliphatic carbocycles. The van der Waals surface area contributed by atoms with Crippen LogP contribution in [0.2, 0.25) is 0 Å². The number of carboxylic acid groups (broad SMARTS) is 1. The van der Waals surface area contributed by atoms with E-state index in [0.29, 0.717) is 0 Å². The molecular weight excluding hydrogens is 212 g/mol. The Balaban J connectivity index is 4.12. The maximum atomic E-state index is 11.2. The van der Waals surface area contributed by atoms with Crippen LogP contribution < -0.4 is 5.32 Å². The minimum Gasteiger partial charge on any atom is -0.481 e. The molecule has 0 spiro atoms. The summed E-state index contributed by atoms with van der Waals surface area (Å²) in [6.07, 6.45) is 0.628. The number of carbonyl (C=O) groups excluding carboxylic acids is 1. The van der Waals surface area contributed by atoms with Gasteiger partial charge in [-0.15, -0.1) is 0 Å². The van der Waals surface area contributed by atoms with Gasteiger partial charge in [0.05, 0.1) is 0 Å². The van der Waals surface area contributed by atoms with E-state index in [2.05, 4.69) is 10.3 Å². The summed E-state index contributed by atoms with van der Waals surface area (Å²) < 4.78 is 4.96. The Morgan fingerprint density at radius 1 is 1.50 bits per heavy atom. The maximum Gasteiger partial charge on any atom is 0.407 e. The maximum absolute atomic E-state index is 11.2. The molecule has 0 fully saturated rings. The molecule has 0 aromatic rings. The van der Waals surface area contributed by atoms with Crippen LogP contribution in [0.3, 0.4) is 0 Å². The zero-order valence-corrected chi connectivity index (χ0v) is 9.98. The Bertz CT molecular complexity index is 281. The van der Waals surface area contributed by atoms with Crippen LogP contribution in [0.15, 0.2) is 4.99 Å². The lowest BCUT2D eigenvalue weighted by atomic mass is 10.2. The van der Waals surface area contributed by atoms with Crippen LogP contribution >= 0.6 is 0 Å². The minimum absolute atomic E-state index is 0.0401. The van der Waals surface area contributed by atoms with Crippen LogP contribution in [0.4, 0.5) is 4.79 Å². The van der Waals surface area contributed by atoms with Crippen LogP contribution in [-0.2, 0) is 9.53 Å². The molecule has 0 aliphatic rings. The first kappa shape index (κ1) is 14.4. The zero-order valence-electron chi connectivity index (χ0n) is 9.98. The van der Waals surface area contributed by atoms with Crippen molar-refractivity contribution in [1.82, 2.24) is 5.32 Å². The number of nitrogens with zero attached hydrogens (tertiary/aromatic N) is 1. The largest absolute Gasteiger partial charge is 0.481 e. The normalized spacial score (nSPS) is 13.5. The molecule has 0 heterocycles. The van der Waals surface area contributed by atoms with E-state index in [1.165, 1.54) is 13.3 Å².